The highest BCUT2D eigenvalue weighted by Crippen LogP contribution is 2.30. The molecule has 0 aliphatic heterocycles. The van der Waals surface area contributed by atoms with E-state index in [4.69, 9.17) is 0 Å². The number of hydrogen-bond acceptors (Lipinski definition) is 2. The van der Waals surface area contributed by atoms with Crippen molar-refractivity contribution in [2.45, 2.75) is 0 Å². The third kappa shape index (κ3) is 3.82. The van der Waals surface area contributed by atoms with Crippen LogP contribution in [0.1, 0.15) is 0 Å². The molecule has 0 atom stereocenters. The summed E-state index contributed by atoms with van der Waals surface area (Å²) in [5, 5.41) is 20.6. The Labute approximate surface area is 186 Å². The molecule has 0 spiro atoms. The first kappa shape index (κ1) is 19.5. The van der Waals surface area contributed by atoms with Crippen LogP contribution in [0.15, 0.2) is 122 Å². The standard InChI is InChI=1S/C28H21N2O2/c31-28-12-11-25(20-26(28)22-7-3-1-4-8-22)29-16-13-21(14-17-29)24-15-18-30(32)27(19-24)23-9-5-2-6-10-23/h1-20,32H/q+1/p+1. The minimum absolute atomic E-state index is 0.257. The van der Waals surface area contributed by atoms with Crippen LogP contribution >= 0.6 is 0 Å². The molecule has 0 aliphatic rings. The van der Waals surface area contributed by atoms with Crippen molar-refractivity contribution >= 4 is 0 Å². The van der Waals surface area contributed by atoms with Crippen molar-refractivity contribution in [3.05, 3.63) is 122 Å². The third-order valence-electron chi connectivity index (χ3n) is 5.53. The number of pyridine rings is 2. The van der Waals surface area contributed by atoms with Gasteiger partial charge in [0.2, 0.25) is 11.9 Å². The summed E-state index contributed by atoms with van der Waals surface area (Å²) >= 11 is 0. The van der Waals surface area contributed by atoms with Crippen LogP contribution in [-0.2, 0) is 0 Å². The molecule has 4 nitrogen and oxygen atoms in total. The first-order valence-electron chi connectivity index (χ1n) is 10.4. The molecule has 0 aliphatic carbocycles. The average Bonchev–Trinajstić information content (AvgIpc) is 2.86. The Morgan fingerprint density at radius 1 is 0.531 bits per heavy atom. The maximum Gasteiger partial charge on any atom is 0.265 e. The van der Waals surface area contributed by atoms with Crippen molar-refractivity contribution in [3.8, 4) is 44.9 Å². The van der Waals surface area contributed by atoms with E-state index in [1.807, 2.05) is 114 Å². The van der Waals surface area contributed by atoms with Crippen LogP contribution in [0.2, 0.25) is 0 Å². The largest absolute Gasteiger partial charge is 0.507 e. The van der Waals surface area contributed by atoms with E-state index in [1.54, 1.807) is 12.3 Å². The van der Waals surface area contributed by atoms with Gasteiger partial charge in [0, 0.05) is 46.7 Å². The van der Waals surface area contributed by atoms with Gasteiger partial charge in [-0.05, 0) is 34.9 Å². The maximum absolute atomic E-state index is 10.3. The summed E-state index contributed by atoms with van der Waals surface area (Å²) in [5.74, 6) is 0.257. The van der Waals surface area contributed by atoms with Gasteiger partial charge in [0.05, 0.1) is 5.56 Å². The van der Waals surface area contributed by atoms with Gasteiger partial charge in [-0.1, -0.05) is 48.5 Å². The zero-order chi connectivity index (χ0) is 21.9. The highest BCUT2D eigenvalue weighted by molar-refractivity contribution is 5.72. The zero-order valence-corrected chi connectivity index (χ0v) is 17.3. The number of phenolic OH excluding ortho intramolecular Hbond substituents is 1. The van der Waals surface area contributed by atoms with Gasteiger partial charge in [-0.2, -0.15) is 4.57 Å². The summed E-state index contributed by atoms with van der Waals surface area (Å²) in [6.45, 7) is 0. The van der Waals surface area contributed by atoms with E-state index in [-0.39, 0.29) is 5.75 Å². The molecule has 0 unspecified atom stereocenters. The van der Waals surface area contributed by atoms with Gasteiger partial charge in [-0.15, -0.1) is 0 Å². The maximum atomic E-state index is 10.3. The zero-order valence-electron chi connectivity index (χ0n) is 17.3. The number of nitrogens with zero attached hydrogens (tertiary/aromatic N) is 2. The quantitative estimate of drug-likeness (QED) is 0.312. The van der Waals surface area contributed by atoms with E-state index in [1.165, 1.54) is 0 Å². The van der Waals surface area contributed by atoms with Crippen LogP contribution in [0.4, 0.5) is 0 Å². The number of hydrogen-bond donors (Lipinski definition) is 2. The Hall–Kier alpha value is -4.44. The lowest BCUT2D eigenvalue weighted by Gasteiger charge is -2.06. The van der Waals surface area contributed by atoms with Crippen molar-refractivity contribution in [1.82, 2.24) is 0 Å². The molecule has 2 aromatic heterocycles. The van der Waals surface area contributed by atoms with Crippen molar-refractivity contribution in [2.75, 3.05) is 0 Å². The van der Waals surface area contributed by atoms with E-state index in [0.717, 1.165) is 43.9 Å². The van der Waals surface area contributed by atoms with Crippen molar-refractivity contribution < 1.29 is 19.6 Å². The fourth-order valence-electron chi connectivity index (χ4n) is 3.82. The van der Waals surface area contributed by atoms with Gasteiger partial charge in [-0.3, -0.25) is 5.21 Å². The average molecular weight is 418 g/mol. The summed E-state index contributed by atoms with van der Waals surface area (Å²) in [6, 6.07) is 33.2. The first-order chi connectivity index (χ1) is 15.7. The second-order valence-electron chi connectivity index (χ2n) is 7.57. The molecule has 154 valence electrons. The van der Waals surface area contributed by atoms with Crippen molar-refractivity contribution in [2.24, 2.45) is 0 Å². The molecule has 2 N–H and O–H groups in total. The monoisotopic (exact) mass is 418 g/mol. The second kappa shape index (κ2) is 8.36. The second-order valence-corrected chi connectivity index (χ2v) is 7.57. The topological polar surface area (TPSA) is 48.2 Å². The number of aromatic nitrogens is 2. The summed E-state index contributed by atoms with van der Waals surface area (Å²) in [4.78, 5) is 0. The Kier molecular flexibility index (Phi) is 5.10. The highest BCUT2D eigenvalue weighted by Gasteiger charge is 2.16. The minimum atomic E-state index is 0.257. The molecule has 0 amide bonds. The predicted molar refractivity (Wildman–Crippen MR) is 123 cm³/mol. The molecule has 5 rings (SSSR count). The predicted octanol–water partition coefficient (Wildman–Crippen LogP) is 5.19. The van der Waals surface area contributed by atoms with Gasteiger partial charge >= 0.3 is 0 Å². The Morgan fingerprint density at radius 2 is 1.16 bits per heavy atom. The summed E-state index contributed by atoms with van der Waals surface area (Å²) in [5.41, 5.74) is 6.45. The number of rotatable bonds is 4. The summed E-state index contributed by atoms with van der Waals surface area (Å²) < 4.78 is 3.16. The highest BCUT2D eigenvalue weighted by atomic mass is 16.5. The molecule has 4 heteroatoms. The fraction of sp³-hybridized carbons (Fsp3) is 0. The van der Waals surface area contributed by atoms with Crippen LogP contribution in [0, 0.1) is 0 Å². The van der Waals surface area contributed by atoms with E-state index in [2.05, 4.69) is 0 Å². The molecule has 0 saturated carbocycles. The van der Waals surface area contributed by atoms with Gasteiger partial charge in [-0.25, -0.2) is 0 Å². The van der Waals surface area contributed by atoms with Crippen LogP contribution in [0.3, 0.4) is 0 Å². The first-order valence-corrected chi connectivity index (χ1v) is 10.4. The molecule has 0 radical (unpaired) electrons. The smallest absolute Gasteiger partial charge is 0.265 e. The van der Waals surface area contributed by atoms with Gasteiger partial charge in [0.25, 0.3) is 5.69 Å². The van der Waals surface area contributed by atoms with Crippen molar-refractivity contribution in [3.63, 3.8) is 0 Å². The Morgan fingerprint density at radius 3 is 1.84 bits per heavy atom. The van der Waals surface area contributed by atoms with E-state index in [9.17, 15) is 10.3 Å². The molecule has 2 heterocycles. The lowest BCUT2D eigenvalue weighted by atomic mass is 10.0. The van der Waals surface area contributed by atoms with Gasteiger partial charge in [0.1, 0.15) is 5.75 Å². The normalized spacial score (nSPS) is 10.8. The summed E-state index contributed by atoms with van der Waals surface area (Å²) in [7, 11) is 0. The Balaban J connectivity index is 1.48. The summed E-state index contributed by atoms with van der Waals surface area (Å²) in [6.07, 6.45) is 5.65. The number of benzene rings is 3. The van der Waals surface area contributed by atoms with Crippen molar-refractivity contribution in [1.29, 1.82) is 0 Å². The van der Waals surface area contributed by atoms with Gasteiger partial charge in [0.15, 0.2) is 12.4 Å². The van der Waals surface area contributed by atoms with Crippen LogP contribution < -0.4 is 9.30 Å². The van der Waals surface area contributed by atoms with E-state index < -0.39 is 0 Å². The number of aromatic hydroxyl groups is 1. The molecule has 0 saturated heterocycles. The Bertz CT molecular complexity index is 1260. The molecule has 3 aromatic carbocycles. The van der Waals surface area contributed by atoms with Crippen LogP contribution in [0.25, 0.3) is 39.2 Å². The molecule has 32 heavy (non-hydrogen) atoms. The van der Waals surface area contributed by atoms with E-state index in [0.29, 0.717) is 0 Å². The molecular formula is C28H22N2O2+2. The fourth-order valence-corrected chi connectivity index (χ4v) is 3.82. The molecule has 0 bridgehead atoms. The SMILES string of the molecule is Oc1ccc(-[n+]2ccc(-c3cc[n+](O)c(-c4ccccc4)c3)cc2)cc1-c1ccccc1. The molecule has 0 fully saturated rings. The minimum Gasteiger partial charge on any atom is -0.507 e. The van der Waals surface area contributed by atoms with Gasteiger partial charge < -0.3 is 5.11 Å². The van der Waals surface area contributed by atoms with E-state index >= 15 is 0 Å². The lowest BCUT2D eigenvalue weighted by molar-refractivity contribution is -0.896. The lowest BCUT2D eigenvalue weighted by Crippen LogP contribution is -2.32. The third-order valence-corrected chi connectivity index (χ3v) is 5.53. The molecular weight excluding hydrogens is 396 g/mol. The number of phenols is 1. The molecule has 5 aromatic rings. The van der Waals surface area contributed by atoms with Crippen LogP contribution in [-0.4, -0.2) is 10.3 Å². The van der Waals surface area contributed by atoms with Crippen LogP contribution in [0.5, 0.6) is 5.75 Å².